The summed E-state index contributed by atoms with van der Waals surface area (Å²) in [6.45, 7) is 4.64. The molecule has 3 aromatic rings. The summed E-state index contributed by atoms with van der Waals surface area (Å²) in [5.74, 6) is 0. The average Bonchev–Trinajstić information content (AvgIpc) is 2.94. The molecule has 1 aromatic heterocycles. The summed E-state index contributed by atoms with van der Waals surface area (Å²) in [6, 6.07) is 11.9. The van der Waals surface area contributed by atoms with Gasteiger partial charge in [0, 0.05) is 12.6 Å². The normalized spacial score (nSPS) is 19.3. The average molecular weight is 335 g/mol. The Labute approximate surface area is 146 Å². The summed E-state index contributed by atoms with van der Waals surface area (Å²) in [6.07, 6.45) is 3.49. The number of fused-ring (bicyclic) bond motifs is 3. The van der Waals surface area contributed by atoms with Gasteiger partial charge in [0.15, 0.2) is 5.13 Å². The zero-order valence-electron chi connectivity index (χ0n) is 13.9. The van der Waals surface area contributed by atoms with Crippen LogP contribution in [-0.4, -0.2) is 23.0 Å². The van der Waals surface area contributed by atoms with Crippen molar-refractivity contribution >= 4 is 26.7 Å². The first-order valence-corrected chi connectivity index (χ1v) is 9.61. The number of anilines is 1. The molecule has 0 spiro atoms. The molecule has 122 valence electrons. The van der Waals surface area contributed by atoms with E-state index in [-0.39, 0.29) is 0 Å². The molecule has 3 nitrogen and oxygen atoms in total. The molecule has 2 aliphatic rings. The van der Waals surface area contributed by atoms with Crippen molar-refractivity contribution in [1.82, 2.24) is 9.88 Å². The molecule has 1 atom stereocenters. The minimum absolute atomic E-state index is 0.528. The third kappa shape index (κ3) is 2.03. The van der Waals surface area contributed by atoms with Crippen LogP contribution in [0.25, 0.3) is 21.3 Å². The second-order valence-corrected chi connectivity index (χ2v) is 7.98. The Kier molecular flexibility index (Phi) is 3.19. The van der Waals surface area contributed by atoms with Crippen LogP contribution in [0.4, 0.5) is 5.13 Å². The summed E-state index contributed by atoms with van der Waals surface area (Å²) in [5.41, 5.74) is 14.3. The Morgan fingerprint density at radius 2 is 2.17 bits per heavy atom. The van der Waals surface area contributed by atoms with Gasteiger partial charge < -0.3 is 5.73 Å². The van der Waals surface area contributed by atoms with Crippen molar-refractivity contribution in [1.29, 1.82) is 0 Å². The monoisotopic (exact) mass is 335 g/mol. The number of aromatic nitrogens is 1. The maximum Gasteiger partial charge on any atom is 0.181 e. The Balaban J connectivity index is 1.74. The van der Waals surface area contributed by atoms with E-state index in [1.54, 1.807) is 16.9 Å². The van der Waals surface area contributed by atoms with Crippen LogP contribution in [-0.2, 0) is 12.8 Å². The van der Waals surface area contributed by atoms with Crippen LogP contribution in [0.3, 0.4) is 0 Å². The van der Waals surface area contributed by atoms with E-state index < -0.39 is 0 Å². The quantitative estimate of drug-likeness (QED) is 0.754. The number of nitrogens with zero attached hydrogens (tertiary/aromatic N) is 2. The van der Waals surface area contributed by atoms with E-state index in [0.717, 1.165) is 11.9 Å². The predicted octanol–water partition coefficient (Wildman–Crippen LogP) is 4.41. The lowest BCUT2D eigenvalue weighted by atomic mass is 9.77. The Morgan fingerprint density at radius 3 is 3.04 bits per heavy atom. The van der Waals surface area contributed by atoms with Gasteiger partial charge in [-0.25, -0.2) is 4.98 Å². The summed E-state index contributed by atoms with van der Waals surface area (Å²) in [5, 5.41) is 0.662. The number of nitrogens with two attached hydrogens (primary N) is 1. The lowest BCUT2D eigenvalue weighted by molar-refractivity contribution is 0.183. The van der Waals surface area contributed by atoms with Crippen LogP contribution in [0, 0.1) is 0 Å². The topological polar surface area (TPSA) is 42.1 Å². The summed E-state index contributed by atoms with van der Waals surface area (Å²) in [7, 11) is 0. The molecule has 0 bridgehead atoms. The van der Waals surface area contributed by atoms with Crippen LogP contribution >= 0.6 is 11.3 Å². The van der Waals surface area contributed by atoms with Gasteiger partial charge in [-0.05, 0) is 65.8 Å². The van der Waals surface area contributed by atoms with Crippen molar-refractivity contribution in [3.63, 3.8) is 0 Å². The fraction of sp³-hybridized carbons (Fsp3) is 0.350. The third-order valence-electron chi connectivity index (χ3n) is 5.48. The Morgan fingerprint density at radius 1 is 1.25 bits per heavy atom. The maximum atomic E-state index is 5.93. The van der Waals surface area contributed by atoms with Gasteiger partial charge >= 0.3 is 0 Å². The maximum absolute atomic E-state index is 5.93. The Bertz CT molecular complexity index is 943. The van der Waals surface area contributed by atoms with Crippen molar-refractivity contribution in [3.8, 4) is 11.1 Å². The second-order valence-electron chi connectivity index (χ2n) is 6.91. The van der Waals surface area contributed by atoms with Gasteiger partial charge in [0.05, 0.1) is 10.2 Å². The SMILES string of the molecule is CCCN1CCc2cccc3c2C1Cc1cc2sc(N)nc2cc1-3. The van der Waals surface area contributed by atoms with Crippen LogP contribution in [0.5, 0.6) is 0 Å². The van der Waals surface area contributed by atoms with Crippen molar-refractivity contribution in [2.75, 3.05) is 18.8 Å². The number of hydrogen-bond donors (Lipinski definition) is 1. The largest absolute Gasteiger partial charge is 0.375 e. The molecule has 2 N–H and O–H groups in total. The first-order valence-electron chi connectivity index (χ1n) is 8.79. The lowest BCUT2D eigenvalue weighted by Gasteiger charge is -2.41. The number of benzene rings is 2. The Hall–Kier alpha value is -1.91. The van der Waals surface area contributed by atoms with Crippen LogP contribution in [0.15, 0.2) is 30.3 Å². The molecule has 24 heavy (non-hydrogen) atoms. The fourth-order valence-corrected chi connectivity index (χ4v) is 5.29. The van der Waals surface area contributed by atoms with Gasteiger partial charge in [0.25, 0.3) is 0 Å². The second kappa shape index (κ2) is 5.30. The van der Waals surface area contributed by atoms with Gasteiger partial charge in [-0.3, -0.25) is 4.90 Å². The van der Waals surface area contributed by atoms with Gasteiger partial charge in [-0.1, -0.05) is 36.5 Å². The highest BCUT2D eigenvalue weighted by Gasteiger charge is 2.33. The minimum atomic E-state index is 0.528. The molecule has 2 heterocycles. The molecule has 0 radical (unpaired) electrons. The molecule has 4 heteroatoms. The molecule has 1 unspecified atom stereocenters. The first-order chi connectivity index (χ1) is 11.7. The third-order valence-corrected chi connectivity index (χ3v) is 6.33. The van der Waals surface area contributed by atoms with Crippen molar-refractivity contribution in [2.24, 2.45) is 0 Å². The summed E-state index contributed by atoms with van der Waals surface area (Å²) >= 11 is 1.60. The van der Waals surface area contributed by atoms with E-state index in [2.05, 4.69) is 47.1 Å². The molecule has 5 rings (SSSR count). The highest BCUT2D eigenvalue weighted by Crippen LogP contribution is 2.46. The van der Waals surface area contributed by atoms with Crippen LogP contribution < -0.4 is 5.73 Å². The van der Waals surface area contributed by atoms with E-state index in [0.29, 0.717) is 11.2 Å². The number of hydrogen-bond acceptors (Lipinski definition) is 4. The highest BCUT2D eigenvalue weighted by atomic mass is 32.1. The lowest BCUT2D eigenvalue weighted by Crippen LogP contribution is -2.38. The highest BCUT2D eigenvalue weighted by molar-refractivity contribution is 7.22. The van der Waals surface area contributed by atoms with Gasteiger partial charge in [-0.15, -0.1) is 0 Å². The molecule has 0 saturated heterocycles. The van der Waals surface area contributed by atoms with Gasteiger partial charge in [0.2, 0.25) is 0 Å². The summed E-state index contributed by atoms with van der Waals surface area (Å²) in [4.78, 5) is 7.18. The molecule has 0 fully saturated rings. The number of rotatable bonds is 2. The zero-order chi connectivity index (χ0) is 16.3. The summed E-state index contributed by atoms with van der Waals surface area (Å²) < 4.78 is 1.21. The molecular formula is C20H21N3S. The van der Waals surface area contributed by atoms with Gasteiger partial charge in [0.1, 0.15) is 0 Å². The predicted molar refractivity (Wildman–Crippen MR) is 101 cm³/mol. The smallest absolute Gasteiger partial charge is 0.181 e. The molecule has 0 saturated carbocycles. The number of nitrogen functional groups attached to an aromatic ring is 1. The molecule has 2 aromatic carbocycles. The van der Waals surface area contributed by atoms with Gasteiger partial charge in [-0.2, -0.15) is 0 Å². The molecular weight excluding hydrogens is 314 g/mol. The van der Waals surface area contributed by atoms with E-state index in [9.17, 15) is 0 Å². The van der Waals surface area contributed by atoms with E-state index in [1.807, 2.05) is 0 Å². The standard InChI is InChI=1S/C20H21N3S/c1-2-7-23-8-6-12-4-3-5-14-15-11-16-18(24-20(21)22-16)10-13(15)9-17(23)19(12)14/h3-5,10-11,17H,2,6-9H2,1H3,(H2,21,22). The molecule has 0 amide bonds. The van der Waals surface area contributed by atoms with Crippen molar-refractivity contribution in [2.45, 2.75) is 32.2 Å². The fourth-order valence-electron chi connectivity index (χ4n) is 4.51. The molecule has 1 aliphatic carbocycles. The molecule has 1 aliphatic heterocycles. The first kappa shape index (κ1) is 14.4. The van der Waals surface area contributed by atoms with Crippen LogP contribution in [0.2, 0.25) is 0 Å². The van der Waals surface area contributed by atoms with E-state index >= 15 is 0 Å². The zero-order valence-corrected chi connectivity index (χ0v) is 14.7. The van der Waals surface area contributed by atoms with Crippen molar-refractivity contribution < 1.29 is 0 Å². The number of thiazole rings is 1. The van der Waals surface area contributed by atoms with E-state index in [4.69, 9.17) is 5.73 Å². The minimum Gasteiger partial charge on any atom is -0.375 e. The van der Waals surface area contributed by atoms with Crippen LogP contribution in [0.1, 0.15) is 36.1 Å². The van der Waals surface area contributed by atoms with Crippen molar-refractivity contribution in [3.05, 3.63) is 47.0 Å². The van der Waals surface area contributed by atoms with E-state index in [1.165, 1.54) is 52.9 Å².